The average Bonchev–Trinajstić information content (AvgIpc) is 3.20. The van der Waals surface area contributed by atoms with Crippen molar-refractivity contribution in [3.63, 3.8) is 0 Å². The number of nitrogens with one attached hydrogen (secondary N) is 1. The number of esters is 1. The Labute approximate surface area is 176 Å². The molecule has 30 heavy (non-hydrogen) atoms. The van der Waals surface area contributed by atoms with Gasteiger partial charge in [0.25, 0.3) is 5.91 Å². The van der Waals surface area contributed by atoms with Crippen LogP contribution in [0.5, 0.6) is 0 Å². The summed E-state index contributed by atoms with van der Waals surface area (Å²) in [6.45, 7) is 6.95. The fraction of sp³-hybridized carbons (Fsp3) is 0.444. The molecule has 0 aliphatic heterocycles. The van der Waals surface area contributed by atoms with E-state index in [2.05, 4.69) is 10.4 Å². The summed E-state index contributed by atoms with van der Waals surface area (Å²) in [5.74, 6) is -2.76. The van der Waals surface area contributed by atoms with Gasteiger partial charge in [0.1, 0.15) is 5.00 Å². The SMILES string of the molecule is CCCOC(=O)c1c(NC(=O)C(C)Cn2nc([N+](=O)[O-])cc2C)sc(C(N)=O)c1C. The molecule has 0 bridgehead atoms. The number of amides is 2. The van der Waals surface area contributed by atoms with Gasteiger partial charge in [0.15, 0.2) is 0 Å². The molecule has 3 N–H and O–H groups in total. The van der Waals surface area contributed by atoms with Crippen molar-refractivity contribution >= 4 is 39.9 Å². The van der Waals surface area contributed by atoms with E-state index in [-0.39, 0.29) is 34.4 Å². The minimum Gasteiger partial charge on any atom is -0.462 e. The minimum atomic E-state index is -0.713. The molecule has 0 saturated carbocycles. The van der Waals surface area contributed by atoms with Gasteiger partial charge in [-0.3, -0.25) is 9.59 Å². The second-order valence-corrected chi connectivity index (χ2v) is 7.75. The Morgan fingerprint density at radius 3 is 2.60 bits per heavy atom. The summed E-state index contributed by atoms with van der Waals surface area (Å²) in [6, 6.07) is 1.31. The maximum atomic E-state index is 12.7. The quantitative estimate of drug-likeness (QED) is 0.346. The number of nitrogens with two attached hydrogens (primary N) is 1. The van der Waals surface area contributed by atoms with Crippen LogP contribution >= 0.6 is 11.3 Å². The highest BCUT2D eigenvalue weighted by Gasteiger charge is 2.27. The van der Waals surface area contributed by atoms with E-state index in [1.165, 1.54) is 10.7 Å². The van der Waals surface area contributed by atoms with Crippen LogP contribution in [0.4, 0.5) is 10.8 Å². The minimum absolute atomic E-state index is 0.0914. The molecule has 1 atom stereocenters. The van der Waals surface area contributed by atoms with Gasteiger partial charge in [0, 0.05) is 0 Å². The topological polar surface area (TPSA) is 159 Å². The molecule has 2 heterocycles. The van der Waals surface area contributed by atoms with Gasteiger partial charge in [0.2, 0.25) is 5.91 Å². The third-order valence-electron chi connectivity index (χ3n) is 4.30. The first kappa shape index (κ1) is 23.0. The molecule has 0 radical (unpaired) electrons. The number of hydrogen-bond donors (Lipinski definition) is 2. The van der Waals surface area contributed by atoms with Crippen molar-refractivity contribution in [3.05, 3.63) is 37.9 Å². The summed E-state index contributed by atoms with van der Waals surface area (Å²) >= 11 is 0.900. The Bertz CT molecular complexity index is 996. The number of thiophene rings is 1. The molecular formula is C18H23N5O6S. The highest BCUT2D eigenvalue weighted by molar-refractivity contribution is 7.18. The number of aromatic nitrogens is 2. The molecule has 2 rings (SSSR count). The summed E-state index contributed by atoms with van der Waals surface area (Å²) in [5, 5.41) is 17.5. The summed E-state index contributed by atoms with van der Waals surface area (Å²) in [7, 11) is 0. The van der Waals surface area contributed by atoms with E-state index in [0.717, 1.165) is 11.3 Å². The zero-order valence-corrected chi connectivity index (χ0v) is 17.9. The zero-order chi connectivity index (χ0) is 22.6. The van der Waals surface area contributed by atoms with Gasteiger partial charge >= 0.3 is 11.8 Å². The first-order valence-corrected chi connectivity index (χ1v) is 9.98. The van der Waals surface area contributed by atoms with Crippen molar-refractivity contribution in [2.45, 2.75) is 40.7 Å². The number of carbonyl (C=O) groups is 3. The van der Waals surface area contributed by atoms with Crippen LogP contribution < -0.4 is 11.1 Å². The summed E-state index contributed by atoms with van der Waals surface area (Å²) in [6.07, 6.45) is 0.617. The Balaban J connectivity index is 2.24. The first-order valence-electron chi connectivity index (χ1n) is 9.16. The second-order valence-electron chi connectivity index (χ2n) is 6.73. The molecule has 0 aliphatic carbocycles. The fourth-order valence-electron chi connectivity index (χ4n) is 2.69. The van der Waals surface area contributed by atoms with Crippen molar-refractivity contribution in [2.75, 3.05) is 11.9 Å². The van der Waals surface area contributed by atoms with Crippen molar-refractivity contribution in [3.8, 4) is 0 Å². The zero-order valence-electron chi connectivity index (χ0n) is 17.1. The number of carbonyl (C=O) groups excluding carboxylic acids is 3. The van der Waals surface area contributed by atoms with Gasteiger partial charge in [-0.05, 0) is 30.8 Å². The molecular weight excluding hydrogens is 414 g/mol. The molecule has 0 fully saturated rings. The lowest BCUT2D eigenvalue weighted by atomic mass is 10.1. The average molecular weight is 437 g/mol. The van der Waals surface area contributed by atoms with Crippen LogP contribution in [0.25, 0.3) is 0 Å². The lowest BCUT2D eigenvalue weighted by Gasteiger charge is -2.12. The van der Waals surface area contributed by atoms with Crippen molar-refractivity contribution in [1.82, 2.24) is 9.78 Å². The standard InChI is InChI=1S/C18H23N5O6S/c1-5-6-29-18(26)13-11(4)14(15(19)24)30-17(13)20-16(25)9(2)8-22-10(3)7-12(21-22)23(27)28/h7,9H,5-6,8H2,1-4H3,(H2,19,24)(H,20,25). The molecule has 0 spiro atoms. The largest absolute Gasteiger partial charge is 0.462 e. The van der Waals surface area contributed by atoms with Crippen molar-refractivity contribution in [1.29, 1.82) is 0 Å². The third kappa shape index (κ3) is 5.00. The molecule has 11 nitrogen and oxygen atoms in total. The van der Waals surface area contributed by atoms with E-state index in [1.807, 2.05) is 6.92 Å². The number of primary amides is 1. The first-order chi connectivity index (χ1) is 14.1. The molecule has 12 heteroatoms. The highest BCUT2D eigenvalue weighted by atomic mass is 32.1. The van der Waals surface area contributed by atoms with Crippen LogP contribution in [0.3, 0.4) is 0 Å². The highest BCUT2D eigenvalue weighted by Crippen LogP contribution is 2.34. The fourth-order valence-corrected chi connectivity index (χ4v) is 3.74. The van der Waals surface area contributed by atoms with E-state index < -0.39 is 28.6 Å². The summed E-state index contributed by atoms with van der Waals surface area (Å²) < 4.78 is 6.53. The van der Waals surface area contributed by atoms with Crippen LogP contribution in [0.1, 0.15) is 51.6 Å². The molecule has 2 aromatic heterocycles. The van der Waals surface area contributed by atoms with Crippen molar-refractivity contribution < 1.29 is 24.0 Å². The van der Waals surface area contributed by atoms with Gasteiger partial charge in [0.05, 0.1) is 46.4 Å². The molecule has 0 aliphatic rings. The number of rotatable bonds is 9. The number of nitrogens with zero attached hydrogens (tertiary/aromatic N) is 3. The number of anilines is 1. The van der Waals surface area contributed by atoms with Gasteiger partial charge in [-0.2, -0.15) is 4.68 Å². The predicted molar refractivity (Wildman–Crippen MR) is 110 cm³/mol. The maximum absolute atomic E-state index is 12.7. The predicted octanol–water partition coefficient (Wildman–Crippen LogP) is 2.41. The normalized spacial score (nSPS) is 11.7. The lowest BCUT2D eigenvalue weighted by molar-refractivity contribution is -0.389. The smallest absolute Gasteiger partial charge is 0.390 e. The van der Waals surface area contributed by atoms with Crippen LogP contribution in [-0.2, 0) is 16.1 Å². The monoisotopic (exact) mass is 437 g/mol. The van der Waals surface area contributed by atoms with Crippen LogP contribution in [-0.4, -0.2) is 39.1 Å². The Morgan fingerprint density at radius 1 is 1.40 bits per heavy atom. The van der Waals surface area contributed by atoms with E-state index in [0.29, 0.717) is 17.7 Å². The lowest BCUT2D eigenvalue weighted by Crippen LogP contribution is -2.25. The number of nitro groups is 1. The Kier molecular flexibility index (Phi) is 7.27. The Morgan fingerprint density at radius 2 is 2.07 bits per heavy atom. The van der Waals surface area contributed by atoms with E-state index in [4.69, 9.17) is 10.5 Å². The number of hydrogen-bond acceptors (Lipinski definition) is 8. The van der Waals surface area contributed by atoms with Crippen LogP contribution in [0.15, 0.2) is 6.07 Å². The second kappa shape index (κ2) is 9.48. The molecule has 0 aromatic carbocycles. The summed E-state index contributed by atoms with van der Waals surface area (Å²) in [4.78, 5) is 47.2. The molecule has 2 aromatic rings. The van der Waals surface area contributed by atoms with Gasteiger partial charge in [-0.1, -0.05) is 13.8 Å². The molecule has 2 amide bonds. The van der Waals surface area contributed by atoms with Crippen molar-refractivity contribution in [2.24, 2.45) is 11.7 Å². The Hall–Kier alpha value is -3.28. The van der Waals surface area contributed by atoms with E-state index in [1.54, 1.807) is 20.8 Å². The van der Waals surface area contributed by atoms with Crippen LogP contribution in [0.2, 0.25) is 0 Å². The molecule has 162 valence electrons. The maximum Gasteiger partial charge on any atom is 0.390 e. The van der Waals surface area contributed by atoms with Crippen LogP contribution in [0, 0.1) is 29.9 Å². The third-order valence-corrected chi connectivity index (χ3v) is 5.52. The van der Waals surface area contributed by atoms with Gasteiger partial charge in [-0.25, -0.2) is 4.79 Å². The summed E-state index contributed by atoms with van der Waals surface area (Å²) in [5.41, 5.74) is 6.34. The van der Waals surface area contributed by atoms with Gasteiger partial charge < -0.3 is 25.9 Å². The number of aryl methyl sites for hydroxylation is 1. The molecule has 1 unspecified atom stereocenters. The van der Waals surface area contributed by atoms with Gasteiger partial charge in [-0.15, -0.1) is 11.3 Å². The molecule has 0 saturated heterocycles. The number of ether oxygens (including phenoxy) is 1. The van der Waals surface area contributed by atoms with E-state index in [9.17, 15) is 24.5 Å². The van der Waals surface area contributed by atoms with E-state index >= 15 is 0 Å².